The molecule has 0 aromatic carbocycles. The van der Waals surface area contributed by atoms with Gasteiger partial charge in [-0.25, -0.2) is 4.79 Å². The molecule has 1 aliphatic rings. The molecule has 0 atom stereocenters. The van der Waals surface area contributed by atoms with E-state index in [9.17, 15) is 4.79 Å². The van der Waals surface area contributed by atoms with Crippen LogP contribution < -0.4 is 0 Å². The molecule has 1 aliphatic heterocycles. The highest BCUT2D eigenvalue weighted by molar-refractivity contribution is 5.70. The fourth-order valence-electron chi connectivity index (χ4n) is 1.16. The van der Waals surface area contributed by atoms with Crippen molar-refractivity contribution >= 4 is 6.09 Å². The van der Waals surface area contributed by atoms with Crippen molar-refractivity contribution in [1.29, 1.82) is 0 Å². The number of nitrogens with zero attached hydrogens (tertiary/aromatic N) is 1. The van der Waals surface area contributed by atoms with E-state index in [-0.39, 0.29) is 6.09 Å². The molecule has 1 saturated heterocycles. The maximum atomic E-state index is 11.1. The van der Waals surface area contributed by atoms with Gasteiger partial charge in [0.15, 0.2) is 0 Å². The van der Waals surface area contributed by atoms with Crippen molar-refractivity contribution in [2.45, 2.75) is 19.8 Å². The predicted molar refractivity (Wildman–Crippen MR) is 42.1 cm³/mol. The summed E-state index contributed by atoms with van der Waals surface area (Å²) in [5.74, 6) is 0. The molecule has 1 amide bonds. The predicted octanol–water partition coefficient (Wildman–Crippen LogP) is 1.75. The highest BCUT2D eigenvalue weighted by Crippen LogP contribution is 2.19. The van der Waals surface area contributed by atoms with Gasteiger partial charge >= 0.3 is 6.09 Å². The fraction of sp³-hybridized carbons (Fsp3) is 0.625. The highest BCUT2D eigenvalue weighted by atomic mass is 16.6. The summed E-state index contributed by atoms with van der Waals surface area (Å²) < 4.78 is 4.82. The largest absolute Gasteiger partial charge is 0.449 e. The van der Waals surface area contributed by atoms with Gasteiger partial charge in [-0.1, -0.05) is 6.58 Å². The van der Waals surface area contributed by atoms with Crippen molar-refractivity contribution in [2.75, 3.05) is 13.2 Å². The first kappa shape index (κ1) is 8.11. The van der Waals surface area contributed by atoms with E-state index in [4.69, 9.17) is 4.74 Å². The topological polar surface area (TPSA) is 29.5 Å². The van der Waals surface area contributed by atoms with Crippen LogP contribution in [-0.4, -0.2) is 24.1 Å². The number of amides is 1. The smallest absolute Gasteiger partial charge is 0.413 e. The van der Waals surface area contributed by atoms with E-state index >= 15 is 0 Å². The summed E-state index contributed by atoms with van der Waals surface area (Å²) in [6, 6.07) is 0. The number of carbonyl (C=O) groups excluding carboxylic acids is 1. The van der Waals surface area contributed by atoms with Gasteiger partial charge in [0.05, 0.1) is 6.61 Å². The van der Waals surface area contributed by atoms with Gasteiger partial charge in [-0.3, -0.25) is 4.90 Å². The van der Waals surface area contributed by atoms with Crippen LogP contribution >= 0.6 is 0 Å². The number of allylic oxidation sites excluding steroid dienone is 1. The molecule has 0 spiro atoms. The van der Waals surface area contributed by atoms with Crippen molar-refractivity contribution in [3.8, 4) is 0 Å². The Labute approximate surface area is 66.6 Å². The summed E-state index contributed by atoms with van der Waals surface area (Å²) in [6.07, 6.45) is 1.67. The standard InChI is InChI=1S/C8H13NO2/c1-3-11-8(10)9-6-4-5-7(9)2/h2-6H2,1H3. The summed E-state index contributed by atoms with van der Waals surface area (Å²) in [5.41, 5.74) is 0.878. The first-order valence-corrected chi connectivity index (χ1v) is 3.87. The third-order valence-corrected chi connectivity index (χ3v) is 1.72. The van der Waals surface area contributed by atoms with Gasteiger partial charge < -0.3 is 4.74 Å². The molecule has 0 N–H and O–H groups in total. The van der Waals surface area contributed by atoms with Crippen molar-refractivity contribution in [2.24, 2.45) is 0 Å². The normalized spacial score (nSPS) is 17.2. The van der Waals surface area contributed by atoms with Gasteiger partial charge in [0.2, 0.25) is 0 Å². The second kappa shape index (κ2) is 3.42. The molecule has 11 heavy (non-hydrogen) atoms. The second-order valence-electron chi connectivity index (χ2n) is 2.52. The maximum absolute atomic E-state index is 11.1. The van der Waals surface area contributed by atoms with Crippen LogP contribution in [0.4, 0.5) is 4.79 Å². The lowest BCUT2D eigenvalue weighted by Crippen LogP contribution is -2.26. The second-order valence-corrected chi connectivity index (χ2v) is 2.52. The van der Waals surface area contributed by atoms with Crippen LogP contribution in [0, 0.1) is 0 Å². The van der Waals surface area contributed by atoms with Crippen LogP contribution in [0.25, 0.3) is 0 Å². The Hall–Kier alpha value is -0.990. The van der Waals surface area contributed by atoms with Gasteiger partial charge in [-0.2, -0.15) is 0 Å². The summed E-state index contributed by atoms with van der Waals surface area (Å²) in [6.45, 7) is 6.76. The van der Waals surface area contributed by atoms with E-state index in [0.717, 1.165) is 25.1 Å². The van der Waals surface area contributed by atoms with E-state index in [1.165, 1.54) is 0 Å². The minimum absolute atomic E-state index is 0.255. The van der Waals surface area contributed by atoms with E-state index in [2.05, 4.69) is 6.58 Å². The van der Waals surface area contributed by atoms with Crippen LogP contribution in [0.2, 0.25) is 0 Å². The Kier molecular flexibility index (Phi) is 2.52. The van der Waals surface area contributed by atoms with Crippen LogP contribution in [0.3, 0.4) is 0 Å². The lowest BCUT2D eigenvalue weighted by atomic mass is 10.3. The minimum Gasteiger partial charge on any atom is -0.449 e. The first-order chi connectivity index (χ1) is 5.25. The molecule has 3 nitrogen and oxygen atoms in total. The third-order valence-electron chi connectivity index (χ3n) is 1.72. The third kappa shape index (κ3) is 1.73. The number of hydrogen-bond donors (Lipinski definition) is 0. The van der Waals surface area contributed by atoms with Crippen LogP contribution in [-0.2, 0) is 4.74 Å². The molecule has 0 unspecified atom stereocenters. The molecule has 0 radical (unpaired) electrons. The van der Waals surface area contributed by atoms with Gasteiger partial charge in [-0.15, -0.1) is 0 Å². The van der Waals surface area contributed by atoms with E-state index < -0.39 is 0 Å². The summed E-state index contributed by atoms with van der Waals surface area (Å²) in [4.78, 5) is 12.7. The molecule has 0 aliphatic carbocycles. The average molecular weight is 155 g/mol. The van der Waals surface area contributed by atoms with E-state index in [0.29, 0.717) is 6.61 Å². The Morgan fingerprint density at radius 1 is 1.82 bits per heavy atom. The zero-order chi connectivity index (χ0) is 8.27. The molecule has 0 aromatic rings. The Bertz CT molecular complexity index is 177. The fourth-order valence-corrected chi connectivity index (χ4v) is 1.16. The van der Waals surface area contributed by atoms with Gasteiger partial charge in [-0.05, 0) is 19.8 Å². The number of likely N-dealkylation sites (tertiary alicyclic amines) is 1. The summed E-state index contributed by atoms with van der Waals surface area (Å²) in [7, 11) is 0. The average Bonchev–Trinajstić information content (AvgIpc) is 2.36. The number of hydrogen-bond acceptors (Lipinski definition) is 2. The van der Waals surface area contributed by atoms with Crippen molar-refractivity contribution in [3.63, 3.8) is 0 Å². The lowest BCUT2D eigenvalue weighted by Gasteiger charge is -2.15. The molecular weight excluding hydrogens is 142 g/mol. The van der Waals surface area contributed by atoms with E-state index in [1.54, 1.807) is 11.8 Å². The molecule has 0 bridgehead atoms. The molecule has 1 heterocycles. The van der Waals surface area contributed by atoms with Crippen LogP contribution in [0.5, 0.6) is 0 Å². The maximum Gasteiger partial charge on any atom is 0.413 e. The monoisotopic (exact) mass is 155 g/mol. The summed E-state index contributed by atoms with van der Waals surface area (Å²) >= 11 is 0. The Morgan fingerprint density at radius 3 is 3.00 bits per heavy atom. The molecule has 1 fully saturated rings. The quantitative estimate of drug-likeness (QED) is 0.577. The van der Waals surface area contributed by atoms with Gasteiger partial charge in [0.1, 0.15) is 0 Å². The van der Waals surface area contributed by atoms with Crippen LogP contribution in [0.1, 0.15) is 19.8 Å². The van der Waals surface area contributed by atoms with Gasteiger partial charge in [0, 0.05) is 12.2 Å². The number of ether oxygens (including phenoxy) is 1. The van der Waals surface area contributed by atoms with E-state index in [1.807, 2.05) is 0 Å². The summed E-state index contributed by atoms with van der Waals surface area (Å²) in [5, 5.41) is 0. The van der Waals surface area contributed by atoms with Crippen molar-refractivity contribution in [3.05, 3.63) is 12.3 Å². The molecule has 1 rings (SSSR count). The highest BCUT2D eigenvalue weighted by Gasteiger charge is 2.22. The lowest BCUT2D eigenvalue weighted by molar-refractivity contribution is 0.123. The molecule has 0 saturated carbocycles. The molecular formula is C8H13NO2. The van der Waals surface area contributed by atoms with Crippen LogP contribution in [0.15, 0.2) is 12.3 Å². The van der Waals surface area contributed by atoms with Crippen molar-refractivity contribution in [1.82, 2.24) is 4.90 Å². The molecule has 3 heteroatoms. The SMILES string of the molecule is C=C1CCCN1C(=O)OCC. The molecule has 0 aromatic heterocycles. The molecule has 62 valence electrons. The number of carbonyl (C=O) groups is 1. The van der Waals surface area contributed by atoms with Crippen molar-refractivity contribution < 1.29 is 9.53 Å². The Balaban J connectivity index is 2.46. The zero-order valence-corrected chi connectivity index (χ0v) is 6.80. The minimum atomic E-state index is -0.255. The van der Waals surface area contributed by atoms with Gasteiger partial charge in [0.25, 0.3) is 0 Å². The Morgan fingerprint density at radius 2 is 2.55 bits per heavy atom. The first-order valence-electron chi connectivity index (χ1n) is 3.87. The number of rotatable bonds is 1. The zero-order valence-electron chi connectivity index (χ0n) is 6.80.